The smallest absolute Gasteiger partial charge is 0.398 e. The second-order valence-corrected chi connectivity index (χ2v) is 11.0. The number of sulfonamides is 1. The van der Waals surface area contributed by atoms with E-state index in [1.54, 1.807) is 0 Å². The number of nitrogens with two attached hydrogens (primary N) is 1. The van der Waals surface area contributed by atoms with Crippen LogP contribution in [0.3, 0.4) is 0 Å². The summed E-state index contributed by atoms with van der Waals surface area (Å²) >= 11 is 0. The van der Waals surface area contributed by atoms with Crippen molar-refractivity contribution >= 4 is 27.1 Å². The van der Waals surface area contributed by atoms with Crippen LogP contribution >= 0.6 is 0 Å². The van der Waals surface area contributed by atoms with Crippen LogP contribution in [0.4, 0.5) is 30.2 Å². The number of hydrogen-bond donors (Lipinski definition) is 2. The van der Waals surface area contributed by atoms with Crippen molar-refractivity contribution in [3.05, 3.63) is 54.1 Å². The number of rotatable bonds is 7. The number of anilines is 3. The molecule has 0 bridgehead atoms. The molecule has 1 aliphatic heterocycles. The summed E-state index contributed by atoms with van der Waals surface area (Å²) in [4.78, 5) is 2.17. The van der Waals surface area contributed by atoms with Gasteiger partial charge in [-0.25, -0.2) is 8.42 Å². The van der Waals surface area contributed by atoms with Gasteiger partial charge in [0.15, 0.2) is 5.94 Å². The Labute approximate surface area is 204 Å². The molecule has 0 atom stereocenters. The molecule has 2 aromatic rings. The van der Waals surface area contributed by atoms with Gasteiger partial charge in [0.25, 0.3) is 0 Å². The Morgan fingerprint density at radius 2 is 1.63 bits per heavy atom. The van der Waals surface area contributed by atoms with E-state index in [0.717, 1.165) is 11.8 Å². The zero-order valence-corrected chi connectivity index (χ0v) is 20.2. The monoisotopic (exact) mass is 512 g/mol. The summed E-state index contributed by atoms with van der Waals surface area (Å²) in [5.41, 5.74) is 5.76. The van der Waals surface area contributed by atoms with Crippen LogP contribution in [-0.2, 0) is 20.9 Å². The average molecular weight is 513 g/mol. The highest BCUT2D eigenvalue weighted by Crippen LogP contribution is 2.36. The number of alkyl halides is 3. The minimum Gasteiger partial charge on any atom is -0.398 e. The summed E-state index contributed by atoms with van der Waals surface area (Å²) in [6.07, 6.45) is -2.08. The normalized spacial score (nSPS) is 22.2. The Kier molecular flexibility index (Phi) is 7.77. The molecule has 1 saturated heterocycles. The highest BCUT2D eigenvalue weighted by atomic mass is 32.2. The molecular formula is C24H31F3N4O3S. The van der Waals surface area contributed by atoms with Crippen LogP contribution in [0.1, 0.15) is 31.2 Å². The number of benzene rings is 2. The Balaban J connectivity index is 1.22. The predicted octanol–water partition coefficient (Wildman–Crippen LogP) is 4.14. The lowest BCUT2D eigenvalue weighted by Gasteiger charge is -2.36. The lowest BCUT2D eigenvalue weighted by molar-refractivity contribution is -0.136. The minimum atomic E-state index is -4.51. The standard InChI is InChI=1S/C24H31F3N4O3S/c25-24(26,27)22-16-19(8-11-23(22)28)29-18-6-9-21(10-7-18)34-17-35(32,33)31-14-12-30(13-15-31)20-4-2-1-3-5-20/h1-5,8,11,16,18,21,29H,6-7,9-10,12-15,17,28H2. The van der Waals surface area contributed by atoms with Crippen molar-refractivity contribution in [2.24, 2.45) is 0 Å². The van der Waals surface area contributed by atoms with Gasteiger partial charge in [0.2, 0.25) is 10.0 Å². The Hall–Kier alpha value is -2.50. The molecule has 1 heterocycles. The summed E-state index contributed by atoms with van der Waals surface area (Å²) in [6, 6.07) is 13.7. The van der Waals surface area contributed by atoms with Crippen LogP contribution in [0.15, 0.2) is 48.5 Å². The summed E-state index contributed by atoms with van der Waals surface area (Å²) < 4.78 is 72.1. The largest absolute Gasteiger partial charge is 0.418 e. The van der Waals surface area contributed by atoms with Crippen molar-refractivity contribution in [1.82, 2.24) is 4.31 Å². The molecule has 2 aliphatic rings. The molecule has 7 nitrogen and oxygen atoms in total. The molecule has 3 N–H and O–H groups in total. The van der Waals surface area contributed by atoms with Gasteiger partial charge in [-0.2, -0.15) is 17.5 Å². The number of halogens is 3. The Morgan fingerprint density at radius 1 is 0.971 bits per heavy atom. The summed E-state index contributed by atoms with van der Waals surface area (Å²) in [5.74, 6) is -0.353. The number of para-hydroxylation sites is 1. The molecule has 35 heavy (non-hydrogen) atoms. The molecule has 0 amide bonds. The molecule has 0 spiro atoms. The van der Waals surface area contributed by atoms with Gasteiger partial charge in [0.05, 0.1) is 11.7 Å². The molecule has 1 aliphatic carbocycles. The molecule has 0 radical (unpaired) electrons. The SMILES string of the molecule is Nc1ccc(NC2CCC(OCS(=O)(=O)N3CCN(c4ccccc4)CC3)CC2)cc1C(F)(F)F. The van der Waals surface area contributed by atoms with Gasteiger partial charge in [-0.3, -0.25) is 0 Å². The van der Waals surface area contributed by atoms with Gasteiger partial charge >= 0.3 is 6.18 Å². The van der Waals surface area contributed by atoms with Gasteiger partial charge in [0.1, 0.15) is 0 Å². The highest BCUT2D eigenvalue weighted by Gasteiger charge is 2.34. The van der Waals surface area contributed by atoms with Gasteiger partial charge < -0.3 is 20.7 Å². The third-order valence-corrected chi connectivity index (χ3v) is 8.20. The van der Waals surface area contributed by atoms with Crippen molar-refractivity contribution in [3.8, 4) is 0 Å². The molecule has 11 heteroatoms. The maximum absolute atomic E-state index is 13.1. The first-order valence-corrected chi connectivity index (χ1v) is 13.4. The average Bonchev–Trinajstić information content (AvgIpc) is 2.85. The zero-order chi connectivity index (χ0) is 25.1. The maximum atomic E-state index is 13.1. The fourth-order valence-corrected chi connectivity index (χ4v) is 5.85. The van der Waals surface area contributed by atoms with E-state index in [1.807, 2.05) is 30.3 Å². The molecule has 1 saturated carbocycles. The first-order chi connectivity index (χ1) is 16.6. The van der Waals surface area contributed by atoms with Gasteiger partial charge in [-0.1, -0.05) is 18.2 Å². The zero-order valence-electron chi connectivity index (χ0n) is 19.4. The second-order valence-electron chi connectivity index (χ2n) is 9.04. The lowest BCUT2D eigenvalue weighted by Crippen LogP contribution is -2.49. The highest BCUT2D eigenvalue weighted by molar-refractivity contribution is 7.88. The molecule has 2 aromatic carbocycles. The third kappa shape index (κ3) is 6.59. The number of hydrogen-bond acceptors (Lipinski definition) is 6. The van der Waals surface area contributed by atoms with Gasteiger partial charge in [-0.05, 0) is 56.0 Å². The van der Waals surface area contributed by atoms with Gasteiger partial charge in [-0.15, -0.1) is 0 Å². The van der Waals surface area contributed by atoms with Crippen LogP contribution in [0.5, 0.6) is 0 Å². The van der Waals surface area contributed by atoms with E-state index in [0.29, 0.717) is 57.5 Å². The van der Waals surface area contributed by atoms with Crippen LogP contribution in [-0.4, -0.2) is 57.0 Å². The number of nitrogens with one attached hydrogen (secondary N) is 1. The Morgan fingerprint density at radius 3 is 2.26 bits per heavy atom. The van der Waals surface area contributed by atoms with E-state index < -0.39 is 21.8 Å². The fraction of sp³-hybridized carbons (Fsp3) is 0.500. The minimum absolute atomic E-state index is 0.0118. The lowest BCUT2D eigenvalue weighted by atomic mass is 9.92. The van der Waals surface area contributed by atoms with E-state index in [4.69, 9.17) is 10.5 Å². The number of piperazine rings is 1. The number of nitrogen functional groups attached to an aromatic ring is 1. The quantitative estimate of drug-likeness (QED) is 0.543. The number of nitrogens with zero attached hydrogens (tertiary/aromatic N) is 2. The van der Waals surface area contributed by atoms with E-state index in [2.05, 4.69) is 10.2 Å². The van der Waals surface area contributed by atoms with Crippen LogP contribution in [0.2, 0.25) is 0 Å². The van der Waals surface area contributed by atoms with Gasteiger partial charge in [0, 0.05) is 49.3 Å². The molecular weight excluding hydrogens is 481 g/mol. The first-order valence-electron chi connectivity index (χ1n) is 11.7. The molecule has 4 rings (SSSR count). The van der Waals surface area contributed by atoms with E-state index >= 15 is 0 Å². The van der Waals surface area contributed by atoms with Crippen molar-refractivity contribution in [2.75, 3.05) is 48.1 Å². The predicted molar refractivity (Wildman–Crippen MR) is 131 cm³/mol. The van der Waals surface area contributed by atoms with Crippen molar-refractivity contribution < 1.29 is 26.3 Å². The third-order valence-electron chi connectivity index (χ3n) is 6.61. The van der Waals surface area contributed by atoms with Crippen molar-refractivity contribution in [2.45, 2.75) is 44.0 Å². The van der Waals surface area contributed by atoms with E-state index in [1.165, 1.54) is 16.4 Å². The Bertz CT molecular complexity index is 1080. The molecule has 0 unspecified atom stereocenters. The van der Waals surface area contributed by atoms with Crippen molar-refractivity contribution in [3.63, 3.8) is 0 Å². The maximum Gasteiger partial charge on any atom is 0.418 e. The number of ether oxygens (including phenoxy) is 1. The second kappa shape index (κ2) is 10.6. The topological polar surface area (TPSA) is 87.9 Å². The molecule has 2 fully saturated rings. The van der Waals surface area contributed by atoms with Crippen LogP contribution < -0.4 is 16.0 Å². The molecule has 0 aromatic heterocycles. The summed E-state index contributed by atoms with van der Waals surface area (Å²) in [6.45, 7) is 2.08. The van der Waals surface area contributed by atoms with Crippen LogP contribution in [0.25, 0.3) is 0 Å². The first kappa shape index (κ1) is 25.6. The van der Waals surface area contributed by atoms with E-state index in [-0.39, 0.29) is 23.8 Å². The summed E-state index contributed by atoms with van der Waals surface area (Å²) in [7, 11) is -3.52. The summed E-state index contributed by atoms with van der Waals surface area (Å²) in [5, 5.41) is 3.14. The molecule has 192 valence electrons. The van der Waals surface area contributed by atoms with Crippen molar-refractivity contribution in [1.29, 1.82) is 0 Å². The fourth-order valence-electron chi connectivity index (χ4n) is 4.62. The van der Waals surface area contributed by atoms with E-state index in [9.17, 15) is 21.6 Å². The van der Waals surface area contributed by atoms with Crippen LogP contribution in [0, 0.1) is 0 Å².